The van der Waals surface area contributed by atoms with E-state index in [-0.39, 0.29) is 11.7 Å². The average molecular weight is 387 g/mol. The number of aromatic nitrogens is 1. The fraction of sp³-hybridized carbons (Fsp3) is 0.200. The molecule has 0 saturated heterocycles. The number of anilines is 1. The first-order valence-corrected chi connectivity index (χ1v) is 10.00. The second kappa shape index (κ2) is 8.47. The number of thioether (sulfide) groups is 1. The van der Waals surface area contributed by atoms with Crippen LogP contribution in [0.15, 0.2) is 52.9 Å². The van der Waals surface area contributed by atoms with Crippen LogP contribution < -0.4 is 5.32 Å². The third kappa shape index (κ3) is 5.16. The van der Waals surface area contributed by atoms with Gasteiger partial charge < -0.3 is 5.32 Å². The third-order valence-electron chi connectivity index (χ3n) is 3.81. The molecule has 0 radical (unpaired) electrons. The number of hydrogen-bond acceptors (Lipinski definition) is 4. The molecule has 1 heterocycles. The first-order chi connectivity index (χ1) is 12.5. The van der Waals surface area contributed by atoms with Crippen molar-refractivity contribution in [3.8, 4) is 0 Å². The van der Waals surface area contributed by atoms with Crippen molar-refractivity contribution < 1.29 is 9.18 Å². The van der Waals surface area contributed by atoms with Crippen molar-refractivity contribution >= 4 is 34.7 Å². The van der Waals surface area contributed by atoms with Crippen LogP contribution in [0.1, 0.15) is 21.7 Å². The molecule has 0 atom stereocenters. The van der Waals surface area contributed by atoms with Gasteiger partial charge in [0.1, 0.15) is 5.82 Å². The summed E-state index contributed by atoms with van der Waals surface area (Å²) in [5.74, 6) is 0.0361. The largest absolute Gasteiger partial charge is 0.325 e. The number of aryl methyl sites for hydroxylation is 2. The minimum Gasteiger partial charge on any atom is -0.325 e. The molecular weight excluding hydrogens is 367 g/mol. The van der Waals surface area contributed by atoms with Crippen LogP contribution in [0.3, 0.4) is 0 Å². The van der Waals surface area contributed by atoms with E-state index in [1.165, 1.54) is 23.9 Å². The molecule has 3 nitrogen and oxygen atoms in total. The summed E-state index contributed by atoms with van der Waals surface area (Å²) in [6, 6.07) is 14.2. The van der Waals surface area contributed by atoms with Gasteiger partial charge >= 0.3 is 0 Å². The van der Waals surface area contributed by atoms with E-state index in [9.17, 15) is 9.18 Å². The number of nitrogens with zero attached hydrogens (tertiary/aromatic N) is 1. The van der Waals surface area contributed by atoms with Crippen LogP contribution in [0, 0.1) is 19.7 Å². The van der Waals surface area contributed by atoms with Crippen molar-refractivity contribution in [1.82, 2.24) is 4.98 Å². The van der Waals surface area contributed by atoms with Gasteiger partial charge in [-0.25, -0.2) is 9.37 Å². The van der Waals surface area contributed by atoms with Crippen molar-refractivity contribution in [3.05, 3.63) is 76.0 Å². The summed E-state index contributed by atoms with van der Waals surface area (Å²) in [6.45, 7) is 3.97. The molecule has 1 aromatic heterocycles. The van der Waals surface area contributed by atoms with Crippen LogP contribution in [0.5, 0.6) is 0 Å². The highest BCUT2D eigenvalue weighted by Crippen LogP contribution is 2.29. The van der Waals surface area contributed by atoms with Gasteiger partial charge in [0.25, 0.3) is 0 Å². The van der Waals surface area contributed by atoms with Gasteiger partial charge in [-0.1, -0.05) is 41.6 Å². The molecular formula is C20H19FN2OS2. The number of benzene rings is 2. The highest BCUT2D eigenvalue weighted by Gasteiger charge is 2.11. The van der Waals surface area contributed by atoms with Crippen LogP contribution >= 0.6 is 23.1 Å². The highest BCUT2D eigenvalue weighted by atomic mass is 32.2. The number of nitrogens with one attached hydrogen (secondary N) is 1. The Kier molecular flexibility index (Phi) is 6.06. The molecule has 0 bridgehead atoms. The number of amides is 1. The zero-order chi connectivity index (χ0) is 18.5. The summed E-state index contributed by atoms with van der Waals surface area (Å²) in [4.78, 5) is 17.8. The van der Waals surface area contributed by atoms with E-state index in [0.717, 1.165) is 38.1 Å². The Morgan fingerprint density at radius 2 is 1.81 bits per heavy atom. The summed E-state index contributed by atoms with van der Waals surface area (Å²) in [7, 11) is 0. The van der Waals surface area contributed by atoms with Crippen molar-refractivity contribution in [2.45, 2.75) is 24.6 Å². The van der Waals surface area contributed by atoms with Gasteiger partial charge in [0.2, 0.25) is 5.91 Å². The molecule has 3 aromatic rings. The second-order valence-electron chi connectivity index (χ2n) is 5.99. The topological polar surface area (TPSA) is 42.0 Å². The van der Waals surface area contributed by atoms with E-state index in [2.05, 4.69) is 10.3 Å². The van der Waals surface area contributed by atoms with Gasteiger partial charge in [-0.05, 0) is 43.7 Å². The minimum atomic E-state index is -0.231. The molecule has 0 aliphatic rings. The van der Waals surface area contributed by atoms with Crippen LogP contribution in [0.25, 0.3) is 0 Å². The molecule has 0 unspecified atom stereocenters. The molecule has 6 heteroatoms. The lowest BCUT2D eigenvalue weighted by Gasteiger charge is -2.04. The molecule has 1 N–H and O–H groups in total. The van der Waals surface area contributed by atoms with Crippen LogP contribution in [-0.4, -0.2) is 16.6 Å². The van der Waals surface area contributed by atoms with Gasteiger partial charge in [0, 0.05) is 17.0 Å². The Hall–Kier alpha value is -2.18. The third-order valence-corrected chi connectivity index (χ3v) is 6.11. The maximum atomic E-state index is 13.0. The summed E-state index contributed by atoms with van der Waals surface area (Å²) < 4.78 is 13.9. The SMILES string of the molecule is Cc1ccc(NC(=O)CSc2nc(C)c(Cc3ccc(F)cc3)s2)cc1. The van der Waals surface area contributed by atoms with Crippen LogP contribution in [-0.2, 0) is 11.2 Å². The molecule has 0 fully saturated rings. The highest BCUT2D eigenvalue weighted by molar-refractivity contribution is 8.01. The summed E-state index contributed by atoms with van der Waals surface area (Å²) in [5, 5.41) is 2.89. The van der Waals surface area contributed by atoms with Crippen LogP contribution in [0.4, 0.5) is 10.1 Å². The summed E-state index contributed by atoms with van der Waals surface area (Å²) in [6.07, 6.45) is 0.722. The van der Waals surface area contributed by atoms with Crippen molar-refractivity contribution in [2.24, 2.45) is 0 Å². The molecule has 2 aromatic carbocycles. The summed E-state index contributed by atoms with van der Waals surface area (Å²) >= 11 is 3.02. The van der Waals surface area contributed by atoms with Crippen molar-refractivity contribution in [3.63, 3.8) is 0 Å². The van der Waals surface area contributed by atoms with Crippen molar-refractivity contribution in [2.75, 3.05) is 11.1 Å². The van der Waals surface area contributed by atoms with Crippen LogP contribution in [0.2, 0.25) is 0 Å². The fourth-order valence-electron chi connectivity index (χ4n) is 2.38. The molecule has 0 aliphatic heterocycles. The van der Waals surface area contributed by atoms with E-state index in [4.69, 9.17) is 0 Å². The Balaban J connectivity index is 1.56. The normalized spacial score (nSPS) is 10.7. The first kappa shape index (κ1) is 18.6. The molecule has 1 amide bonds. The van der Waals surface area contributed by atoms with Gasteiger partial charge in [-0.2, -0.15) is 0 Å². The molecule has 26 heavy (non-hydrogen) atoms. The first-order valence-electron chi connectivity index (χ1n) is 8.19. The Labute approximate surface area is 160 Å². The zero-order valence-corrected chi connectivity index (χ0v) is 16.2. The number of thiazole rings is 1. The van der Waals surface area contributed by atoms with Gasteiger partial charge in [0.05, 0.1) is 11.4 Å². The molecule has 0 saturated carbocycles. The number of carbonyl (C=O) groups excluding carboxylic acids is 1. The fourth-order valence-corrected chi connectivity index (χ4v) is 4.44. The standard InChI is InChI=1S/C20H19FN2OS2/c1-13-3-9-17(10-4-13)23-19(24)12-25-20-22-14(2)18(26-20)11-15-5-7-16(21)8-6-15/h3-10H,11-12H2,1-2H3,(H,23,24). The summed E-state index contributed by atoms with van der Waals surface area (Å²) in [5.41, 5.74) is 3.96. The number of hydrogen-bond donors (Lipinski definition) is 1. The Morgan fingerprint density at radius 1 is 1.12 bits per heavy atom. The van der Waals surface area contributed by atoms with E-state index in [1.807, 2.05) is 38.1 Å². The molecule has 134 valence electrons. The van der Waals surface area contributed by atoms with E-state index < -0.39 is 0 Å². The van der Waals surface area contributed by atoms with Gasteiger partial charge in [-0.3, -0.25) is 4.79 Å². The predicted octanol–water partition coefficient (Wildman–Crippen LogP) is 5.22. The van der Waals surface area contributed by atoms with E-state index in [1.54, 1.807) is 23.5 Å². The van der Waals surface area contributed by atoms with E-state index in [0.29, 0.717) is 5.75 Å². The predicted molar refractivity (Wildman–Crippen MR) is 107 cm³/mol. The maximum absolute atomic E-state index is 13.0. The van der Waals surface area contributed by atoms with Gasteiger partial charge in [0.15, 0.2) is 4.34 Å². The van der Waals surface area contributed by atoms with E-state index >= 15 is 0 Å². The quantitative estimate of drug-likeness (QED) is 0.591. The molecule has 0 spiro atoms. The lowest BCUT2D eigenvalue weighted by Crippen LogP contribution is -2.13. The van der Waals surface area contributed by atoms with Crippen molar-refractivity contribution in [1.29, 1.82) is 0 Å². The maximum Gasteiger partial charge on any atom is 0.234 e. The lowest BCUT2D eigenvalue weighted by molar-refractivity contribution is -0.113. The number of halogens is 1. The Morgan fingerprint density at radius 3 is 2.50 bits per heavy atom. The molecule has 0 aliphatic carbocycles. The molecule has 3 rings (SSSR count). The monoisotopic (exact) mass is 386 g/mol. The average Bonchev–Trinajstić information content (AvgIpc) is 2.97. The minimum absolute atomic E-state index is 0.0493. The zero-order valence-electron chi connectivity index (χ0n) is 14.6. The van der Waals surface area contributed by atoms with Gasteiger partial charge in [-0.15, -0.1) is 11.3 Å². The number of rotatable bonds is 6. The number of carbonyl (C=O) groups is 1. The Bertz CT molecular complexity index is 889. The second-order valence-corrected chi connectivity index (χ2v) is 8.30. The smallest absolute Gasteiger partial charge is 0.234 e. The lowest BCUT2D eigenvalue weighted by atomic mass is 10.1.